The van der Waals surface area contributed by atoms with Gasteiger partial charge >= 0.3 is 0 Å². The highest BCUT2D eigenvalue weighted by Crippen LogP contribution is 2.51. The number of hydrogen-bond acceptors (Lipinski definition) is 0. The first kappa shape index (κ1) is 60.7. The van der Waals surface area contributed by atoms with Crippen LogP contribution in [0.15, 0.2) is 376 Å². The first-order chi connectivity index (χ1) is 52.8. The summed E-state index contributed by atoms with van der Waals surface area (Å²) in [6.07, 6.45) is 0. The molecule has 0 aliphatic heterocycles. The van der Waals surface area contributed by atoms with Gasteiger partial charge < -0.3 is 18.3 Å². The number of para-hydroxylation sites is 6. The van der Waals surface area contributed by atoms with E-state index in [4.69, 9.17) is 0 Å². The molecule has 18 aromatic carbocycles. The van der Waals surface area contributed by atoms with Gasteiger partial charge in [-0.3, -0.25) is 0 Å². The molecule has 1 aliphatic rings. The van der Waals surface area contributed by atoms with Gasteiger partial charge in [-0.05, 0) is 214 Å². The van der Waals surface area contributed by atoms with E-state index < -0.39 is 0 Å². The fourth-order valence-electron chi connectivity index (χ4n) is 18.4. The van der Waals surface area contributed by atoms with Gasteiger partial charge in [0.05, 0.1) is 44.1 Å². The van der Waals surface area contributed by atoms with Crippen molar-refractivity contribution in [3.05, 3.63) is 387 Å². The zero-order chi connectivity index (χ0) is 70.6. The minimum atomic E-state index is -0.0469. The maximum atomic E-state index is 2.45. The molecule has 0 bridgehead atoms. The summed E-state index contributed by atoms with van der Waals surface area (Å²) in [5, 5.41) is 20.4. The van der Waals surface area contributed by atoms with Crippen molar-refractivity contribution < 1.29 is 0 Å². The number of fused-ring (bicyclic) bond motifs is 22. The van der Waals surface area contributed by atoms with E-state index >= 15 is 0 Å². The van der Waals surface area contributed by atoms with E-state index in [0.717, 1.165) is 5.69 Å². The van der Waals surface area contributed by atoms with Crippen LogP contribution in [0.2, 0.25) is 0 Å². The van der Waals surface area contributed by atoms with Crippen LogP contribution in [0.25, 0.3) is 198 Å². The van der Waals surface area contributed by atoms with Crippen molar-refractivity contribution in [1.82, 2.24) is 18.3 Å². The number of rotatable bonds is 7. The molecule has 22 aromatic rings. The van der Waals surface area contributed by atoms with Gasteiger partial charge in [-0.25, -0.2) is 0 Å². The largest absolute Gasteiger partial charge is 0.309 e. The van der Waals surface area contributed by atoms with Gasteiger partial charge in [-0.1, -0.05) is 275 Å². The maximum absolute atomic E-state index is 2.45. The van der Waals surface area contributed by atoms with Crippen molar-refractivity contribution in [2.75, 3.05) is 0 Å². The van der Waals surface area contributed by atoms with Gasteiger partial charge in [0.25, 0.3) is 0 Å². The third-order valence-corrected chi connectivity index (χ3v) is 23.4. The van der Waals surface area contributed by atoms with Gasteiger partial charge in [-0.2, -0.15) is 0 Å². The molecule has 107 heavy (non-hydrogen) atoms. The fourth-order valence-corrected chi connectivity index (χ4v) is 18.4. The van der Waals surface area contributed by atoms with Crippen LogP contribution in [0, 0.1) is 0 Å². The summed E-state index contributed by atoms with van der Waals surface area (Å²) >= 11 is 0. The standard InChI is InChI=1S/C58H36N2.C45H32N2/c1-2-16-43(17-3-1)59-53-23-10-8-21-47(53)49-30-28-40(36-56(49)59)39-29-32-55-52(34-39)48-22-9-11-24-54(48)60(55)44-18-12-15-41(33-44)51-35-42-26-25-37-13-4-6-19-45(37)57(42)58-46-20-7-5-14-38(46)27-31-50(51)58;1-45(2)39-17-9-6-14-33(39)34-24-22-32(28-40(34)45)47-42-19-11-8-16-36(42)38-26-29(21-25-43(38)47)30-20-23-37-35-15-7-10-18-41(35)46(44(37)27-30)31-12-4-3-5-13-31/h1-36H;3-28H,1-2H3. The quantitative estimate of drug-likeness (QED) is 0.142. The molecule has 0 fully saturated rings. The molecule has 0 amide bonds. The zero-order valence-electron chi connectivity index (χ0n) is 59.1. The number of hydrogen-bond donors (Lipinski definition) is 0. The second-order valence-electron chi connectivity index (χ2n) is 29.5. The highest BCUT2D eigenvalue weighted by atomic mass is 15.0. The highest BCUT2D eigenvalue weighted by Gasteiger charge is 2.36. The first-order valence-corrected chi connectivity index (χ1v) is 37.2. The molecule has 0 N–H and O–H groups in total. The van der Waals surface area contributed by atoms with Crippen molar-refractivity contribution >= 4 is 130 Å². The Kier molecular flexibility index (Phi) is 13.4. The predicted octanol–water partition coefficient (Wildman–Crippen LogP) is 27.7. The molecule has 4 heteroatoms. The van der Waals surface area contributed by atoms with Crippen molar-refractivity contribution in [3.8, 4) is 67.3 Å². The molecular formula is C103H68N4. The van der Waals surface area contributed by atoms with E-state index in [1.807, 2.05) is 0 Å². The highest BCUT2D eigenvalue weighted by molar-refractivity contribution is 6.30. The fraction of sp³-hybridized carbons (Fsp3) is 0.0291. The van der Waals surface area contributed by atoms with Gasteiger partial charge in [0.2, 0.25) is 0 Å². The summed E-state index contributed by atoms with van der Waals surface area (Å²) in [5.41, 5.74) is 27.1. The molecule has 500 valence electrons. The summed E-state index contributed by atoms with van der Waals surface area (Å²) in [7, 11) is 0. The third-order valence-electron chi connectivity index (χ3n) is 23.4. The average Bonchev–Trinajstić information content (AvgIpc) is 1.70. The Labute approximate surface area is 618 Å². The molecular weight excluding hydrogens is 1290 g/mol. The molecule has 0 saturated carbocycles. The monoisotopic (exact) mass is 1360 g/mol. The smallest absolute Gasteiger partial charge is 0.0547 e. The van der Waals surface area contributed by atoms with Crippen molar-refractivity contribution in [1.29, 1.82) is 0 Å². The van der Waals surface area contributed by atoms with Gasteiger partial charge in [0.15, 0.2) is 0 Å². The van der Waals surface area contributed by atoms with E-state index in [9.17, 15) is 0 Å². The minimum Gasteiger partial charge on any atom is -0.309 e. The van der Waals surface area contributed by atoms with Crippen molar-refractivity contribution in [2.24, 2.45) is 0 Å². The summed E-state index contributed by atoms with van der Waals surface area (Å²) in [5.74, 6) is 0. The van der Waals surface area contributed by atoms with Crippen LogP contribution in [-0.4, -0.2) is 18.3 Å². The lowest BCUT2D eigenvalue weighted by atomic mass is 9.82. The van der Waals surface area contributed by atoms with Crippen LogP contribution in [0.5, 0.6) is 0 Å². The first-order valence-electron chi connectivity index (χ1n) is 37.2. The molecule has 4 aromatic heterocycles. The second kappa shape index (κ2) is 23.6. The Morgan fingerprint density at radius 2 is 0.561 bits per heavy atom. The van der Waals surface area contributed by atoms with E-state index in [1.165, 1.54) is 203 Å². The normalized spacial score (nSPS) is 12.7. The summed E-state index contributed by atoms with van der Waals surface area (Å²) in [4.78, 5) is 0. The Hall–Kier alpha value is -13.8. The molecule has 4 heterocycles. The minimum absolute atomic E-state index is 0.0469. The predicted molar refractivity (Wildman–Crippen MR) is 454 cm³/mol. The van der Waals surface area contributed by atoms with Crippen LogP contribution in [-0.2, 0) is 5.41 Å². The molecule has 1 aliphatic carbocycles. The third kappa shape index (κ3) is 9.29. The summed E-state index contributed by atoms with van der Waals surface area (Å²) < 4.78 is 9.69. The SMILES string of the molecule is CC1(C)c2ccccc2-c2ccc(-n3c4ccccc4c4cc(-c5ccc6c7ccccc7n(-c7ccccc7)c6c5)ccc43)cc21.c1ccc(-n2c3ccccc3c3ccc(-c4ccc5c(c4)c4ccccc4n5-c4cccc(-c5cc6ccc7ccccc7c6c6c5ccc5ccccc56)c4)cc32)cc1. The molecule has 23 rings (SSSR count). The van der Waals surface area contributed by atoms with E-state index in [-0.39, 0.29) is 5.41 Å². The van der Waals surface area contributed by atoms with E-state index in [1.54, 1.807) is 0 Å². The van der Waals surface area contributed by atoms with Crippen molar-refractivity contribution in [2.45, 2.75) is 19.3 Å². The average molecular weight is 1360 g/mol. The molecule has 0 unspecified atom stereocenters. The number of benzene rings is 18. The van der Waals surface area contributed by atoms with Crippen LogP contribution in [0.3, 0.4) is 0 Å². The van der Waals surface area contributed by atoms with Crippen LogP contribution in [0.4, 0.5) is 0 Å². The Bertz CT molecular complexity index is 7460. The molecule has 0 spiro atoms. The molecule has 0 saturated heterocycles. The van der Waals surface area contributed by atoms with Crippen LogP contribution >= 0.6 is 0 Å². The number of nitrogens with zero attached hydrogens (tertiary/aromatic N) is 4. The Balaban J connectivity index is 0.000000137. The lowest BCUT2D eigenvalue weighted by molar-refractivity contribution is 0.660. The van der Waals surface area contributed by atoms with Gasteiger partial charge in [0, 0.05) is 71.3 Å². The maximum Gasteiger partial charge on any atom is 0.0547 e. The summed E-state index contributed by atoms with van der Waals surface area (Å²) in [6.45, 7) is 4.71. The zero-order valence-corrected chi connectivity index (χ0v) is 59.1. The molecule has 0 atom stereocenters. The van der Waals surface area contributed by atoms with Crippen molar-refractivity contribution in [3.63, 3.8) is 0 Å². The van der Waals surface area contributed by atoms with Crippen LogP contribution < -0.4 is 0 Å². The lowest BCUT2D eigenvalue weighted by Crippen LogP contribution is -2.15. The Morgan fingerprint density at radius 3 is 1.12 bits per heavy atom. The van der Waals surface area contributed by atoms with E-state index in [2.05, 4.69) is 408 Å². The van der Waals surface area contributed by atoms with Crippen LogP contribution in [0.1, 0.15) is 25.0 Å². The topological polar surface area (TPSA) is 19.7 Å². The lowest BCUT2D eigenvalue weighted by Gasteiger charge is -2.22. The Morgan fingerprint density at radius 1 is 0.178 bits per heavy atom. The van der Waals surface area contributed by atoms with Gasteiger partial charge in [-0.15, -0.1) is 0 Å². The second-order valence-corrected chi connectivity index (χ2v) is 29.5. The summed E-state index contributed by atoms with van der Waals surface area (Å²) in [6, 6.07) is 139. The van der Waals surface area contributed by atoms with E-state index in [0.29, 0.717) is 0 Å². The molecule has 0 radical (unpaired) electrons. The number of aromatic nitrogens is 4. The van der Waals surface area contributed by atoms with Gasteiger partial charge in [0.1, 0.15) is 0 Å². The molecule has 4 nitrogen and oxygen atoms in total.